The molecule has 0 aromatic carbocycles. The van der Waals surface area contributed by atoms with E-state index in [4.69, 9.17) is 4.74 Å². The number of aromatic nitrogens is 2. The molecule has 1 aromatic rings. The Morgan fingerprint density at radius 3 is 3.19 bits per heavy atom. The maximum atomic E-state index is 5.10. The van der Waals surface area contributed by atoms with Crippen molar-refractivity contribution in [2.24, 2.45) is 0 Å². The highest BCUT2D eigenvalue weighted by Crippen LogP contribution is 2.22. The Morgan fingerprint density at radius 1 is 1.62 bits per heavy atom. The normalized spacial score (nSPS) is 20.5. The number of rotatable bonds is 5. The molecule has 1 saturated heterocycles. The zero-order valence-electron chi connectivity index (χ0n) is 10.2. The van der Waals surface area contributed by atoms with E-state index in [9.17, 15) is 0 Å². The zero-order chi connectivity index (χ0) is 11.4. The van der Waals surface area contributed by atoms with Crippen molar-refractivity contribution in [2.45, 2.75) is 32.2 Å². The number of methoxy groups -OCH3 is 1. The maximum Gasteiger partial charge on any atom is 0.113 e. The van der Waals surface area contributed by atoms with Crippen molar-refractivity contribution in [2.75, 3.05) is 26.8 Å². The molecule has 0 aliphatic carbocycles. The minimum Gasteiger partial charge on any atom is -0.385 e. The van der Waals surface area contributed by atoms with Gasteiger partial charge in [0, 0.05) is 44.6 Å². The first kappa shape index (κ1) is 11.6. The molecular weight excluding hydrogens is 202 g/mol. The maximum absolute atomic E-state index is 5.10. The van der Waals surface area contributed by atoms with Gasteiger partial charge in [0.25, 0.3) is 0 Å². The van der Waals surface area contributed by atoms with Gasteiger partial charge in [-0.25, -0.2) is 4.98 Å². The van der Waals surface area contributed by atoms with Crippen molar-refractivity contribution in [3.8, 4) is 0 Å². The molecule has 0 spiro atoms. The van der Waals surface area contributed by atoms with Gasteiger partial charge in [0.15, 0.2) is 0 Å². The molecule has 16 heavy (non-hydrogen) atoms. The van der Waals surface area contributed by atoms with Crippen LogP contribution in [0.5, 0.6) is 0 Å². The summed E-state index contributed by atoms with van der Waals surface area (Å²) < 4.78 is 7.44. The van der Waals surface area contributed by atoms with Crippen LogP contribution in [-0.4, -0.2) is 36.4 Å². The van der Waals surface area contributed by atoms with E-state index in [-0.39, 0.29) is 0 Å². The number of nitrogens with one attached hydrogen (secondary N) is 1. The molecule has 0 radical (unpaired) electrons. The number of aryl methyl sites for hydroxylation is 1. The molecule has 0 amide bonds. The summed E-state index contributed by atoms with van der Waals surface area (Å²) in [7, 11) is 1.75. The highest BCUT2D eigenvalue weighted by molar-refractivity contribution is 5.10. The van der Waals surface area contributed by atoms with Gasteiger partial charge in [-0.3, -0.25) is 0 Å². The van der Waals surface area contributed by atoms with Crippen LogP contribution >= 0.6 is 0 Å². The van der Waals surface area contributed by atoms with Gasteiger partial charge in [0.2, 0.25) is 0 Å². The third-order valence-electron chi connectivity index (χ3n) is 3.24. The van der Waals surface area contributed by atoms with Crippen LogP contribution in [0.25, 0.3) is 0 Å². The molecule has 1 N–H and O–H groups in total. The second-order valence-corrected chi connectivity index (χ2v) is 4.45. The highest BCUT2D eigenvalue weighted by Gasteiger charge is 2.21. The monoisotopic (exact) mass is 223 g/mol. The van der Waals surface area contributed by atoms with Gasteiger partial charge in [0.05, 0.1) is 0 Å². The Bertz CT molecular complexity index is 329. The van der Waals surface area contributed by atoms with E-state index in [0.717, 1.165) is 32.7 Å². The van der Waals surface area contributed by atoms with Crippen molar-refractivity contribution >= 4 is 0 Å². The Labute approximate surface area is 97.0 Å². The van der Waals surface area contributed by atoms with Gasteiger partial charge in [-0.15, -0.1) is 0 Å². The summed E-state index contributed by atoms with van der Waals surface area (Å²) in [5.41, 5.74) is 1.26. The molecule has 4 heteroatoms. The van der Waals surface area contributed by atoms with Gasteiger partial charge in [-0.2, -0.15) is 0 Å². The topological polar surface area (TPSA) is 39.1 Å². The molecule has 0 unspecified atom stereocenters. The average molecular weight is 223 g/mol. The third kappa shape index (κ3) is 2.44. The molecule has 1 fully saturated rings. The summed E-state index contributed by atoms with van der Waals surface area (Å²) in [5, 5.41) is 3.40. The standard InChI is InChI=1S/C12H21N3O/c1-10-8-14-12(11-4-5-13-9-11)15(10)6-3-7-16-2/h8,11,13H,3-7,9H2,1-2H3/t11-/m1/s1. The number of imidazole rings is 1. The van der Waals surface area contributed by atoms with E-state index < -0.39 is 0 Å². The van der Waals surface area contributed by atoms with Crippen LogP contribution in [0, 0.1) is 6.92 Å². The minimum atomic E-state index is 0.594. The molecule has 4 nitrogen and oxygen atoms in total. The quantitative estimate of drug-likeness (QED) is 0.765. The van der Waals surface area contributed by atoms with E-state index in [1.165, 1.54) is 17.9 Å². The average Bonchev–Trinajstić information content (AvgIpc) is 2.89. The molecule has 1 aromatic heterocycles. The fourth-order valence-corrected chi connectivity index (χ4v) is 2.34. The van der Waals surface area contributed by atoms with Gasteiger partial charge in [-0.05, 0) is 26.3 Å². The molecule has 90 valence electrons. The Kier molecular flexibility index (Phi) is 3.96. The van der Waals surface area contributed by atoms with E-state index >= 15 is 0 Å². The van der Waals surface area contributed by atoms with E-state index in [1.807, 2.05) is 6.20 Å². The molecule has 1 aliphatic rings. The van der Waals surface area contributed by atoms with E-state index in [2.05, 4.69) is 21.8 Å². The third-order valence-corrected chi connectivity index (χ3v) is 3.24. The van der Waals surface area contributed by atoms with Gasteiger partial charge in [0.1, 0.15) is 5.82 Å². The van der Waals surface area contributed by atoms with Gasteiger partial charge >= 0.3 is 0 Å². The van der Waals surface area contributed by atoms with Crippen LogP contribution in [0.15, 0.2) is 6.20 Å². The summed E-state index contributed by atoms with van der Waals surface area (Å²) in [4.78, 5) is 4.56. The Morgan fingerprint density at radius 2 is 2.50 bits per heavy atom. The number of ether oxygens (including phenoxy) is 1. The molecule has 2 heterocycles. The summed E-state index contributed by atoms with van der Waals surface area (Å²) in [6, 6.07) is 0. The minimum absolute atomic E-state index is 0.594. The fourth-order valence-electron chi connectivity index (χ4n) is 2.34. The molecule has 2 rings (SSSR count). The predicted octanol–water partition coefficient (Wildman–Crippen LogP) is 1.30. The van der Waals surface area contributed by atoms with Crippen molar-refractivity contribution in [1.29, 1.82) is 0 Å². The molecule has 0 bridgehead atoms. The van der Waals surface area contributed by atoms with E-state index in [0.29, 0.717) is 5.92 Å². The largest absolute Gasteiger partial charge is 0.385 e. The molecule has 0 saturated carbocycles. The smallest absolute Gasteiger partial charge is 0.113 e. The summed E-state index contributed by atoms with van der Waals surface area (Å²) in [6.45, 7) is 6.16. The lowest BCUT2D eigenvalue weighted by atomic mass is 10.1. The summed E-state index contributed by atoms with van der Waals surface area (Å²) in [5.74, 6) is 1.84. The first-order valence-electron chi connectivity index (χ1n) is 6.04. The lowest BCUT2D eigenvalue weighted by Crippen LogP contribution is -2.14. The fraction of sp³-hybridized carbons (Fsp3) is 0.750. The second kappa shape index (κ2) is 5.46. The van der Waals surface area contributed by atoms with Crippen LogP contribution in [0.4, 0.5) is 0 Å². The highest BCUT2D eigenvalue weighted by atomic mass is 16.5. The number of hydrogen-bond acceptors (Lipinski definition) is 3. The van der Waals surface area contributed by atoms with Crippen LogP contribution in [0.3, 0.4) is 0 Å². The summed E-state index contributed by atoms with van der Waals surface area (Å²) >= 11 is 0. The van der Waals surface area contributed by atoms with Crippen LogP contribution < -0.4 is 5.32 Å². The van der Waals surface area contributed by atoms with Crippen LogP contribution in [0.2, 0.25) is 0 Å². The van der Waals surface area contributed by atoms with Crippen molar-refractivity contribution < 1.29 is 4.74 Å². The second-order valence-electron chi connectivity index (χ2n) is 4.45. The lowest BCUT2D eigenvalue weighted by molar-refractivity contribution is 0.189. The van der Waals surface area contributed by atoms with E-state index in [1.54, 1.807) is 7.11 Å². The van der Waals surface area contributed by atoms with Crippen molar-refractivity contribution in [1.82, 2.24) is 14.9 Å². The zero-order valence-corrected chi connectivity index (χ0v) is 10.2. The van der Waals surface area contributed by atoms with Crippen LogP contribution in [-0.2, 0) is 11.3 Å². The molecule has 1 atom stereocenters. The van der Waals surface area contributed by atoms with Crippen molar-refractivity contribution in [3.05, 3.63) is 17.7 Å². The Hall–Kier alpha value is -0.870. The Balaban J connectivity index is 2.05. The molecule has 1 aliphatic heterocycles. The van der Waals surface area contributed by atoms with Gasteiger partial charge in [-0.1, -0.05) is 0 Å². The number of hydrogen-bond donors (Lipinski definition) is 1. The summed E-state index contributed by atoms with van der Waals surface area (Å²) in [6.07, 6.45) is 4.25. The first-order chi connectivity index (χ1) is 7.83. The SMILES string of the molecule is COCCCn1c(C)cnc1[C@@H]1CCNC1. The lowest BCUT2D eigenvalue weighted by Gasteiger charge is -2.13. The predicted molar refractivity (Wildman–Crippen MR) is 63.7 cm³/mol. The van der Waals surface area contributed by atoms with Gasteiger partial charge < -0.3 is 14.6 Å². The first-order valence-corrected chi connectivity index (χ1v) is 6.04. The molecular formula is C12H21N3O. The number of nitrogens with zero attached hydrogens (tertiary/aromatic N) is 2. The van der Waals surface area contributed by atoms with Crippen molar-refractivity contribution in [3.63, 3.8) is 0 Å². The van der Waals surface area contributed by atoms with Crippen LogP contribution in [0.1, 0.15) is 30.3 Å².